The number of esters is 1. The van der Waals surface area contributed by atoms with E-state index in [9.17, 15) is 14.7 Å². The van der Waals surface area contributed by atoms with Crippen LogP contribution < -0.4 is 10.4 Å². The van der Waals surface area contributed by atoms with Gasteiger partial charge in [0, 0.05) is 29.9 Å². The number of aliphatic hydroxyl groups is 1. The molecule has 6 atom stereocenters. The summed E-state index contributed by atoms with van der Waals surface area (Å²) in [6, 6.07) is 11.2. The molecule has 5 rings (SSSR count). The Labute approximate surface area is 200 Å². The topological polar surface area (TPSA) is 86.0 Å². The van der Waals surface area contributed by atoms with Crippen LogP contribution in [0.2, 0.25) is 0 Å². The highest BCUT2D eigenvalue weighted by Gasteiger charge is 2.65. The van der Waals surface area contributed by atoms with Crippen molar-refractivity contribution in [1.29, 1.82) is 0 Å². The summed E-state index contributed by atoms with van der Waals surface area (Å²) in [4.78, 5) is 24.9. The number of carbonyl (C=O) groups is 1. The molecule has 1 aromatic heterocycles. The van der Waals surface area contributed by atoms with Crippen molar-refractivity contribution >= 4 is 5.97 Å². The summed E-state index contributed by atoms with van der Waals surface area (Å²) in [5.41, 5.74) is -0.733. The second-order valence-corrected chi connectivity index (χ2v) is 11.4. The first-order chi connectivity index (χ1) is 16.0. The van der Waals surface area contributed by atoms with E-state index in [0.717, 1.165) is 24.8 Å². The van der Waals surface area contributed by atoms with Gasteiger partial charge >= 0.3 is 11.6 Å². The van der Waals surface area contributed by atoms with E-state index < -0.39 is 17.3 Å². The molecule has 1 aromatic carbocycles. The van der Waals surface area contributed by atoms with Crippen molar-refractivity contribution in [3.63, 3.8) is 0 Å². The lowest BCUT2D eigenvalue weighted by atomic mass is 9.43. The van der Waals surface area contributed by atoms with E-state index in [0.29, 0.717) is 17.9 Å². The zero-order valence-corrected chi connectivity index (χ0v) is 20.6. The van der Waals surface area contributed by atoms with Gasteiger partial charge in [0.2, 0.25) is 0 Å². The van der Waals surface area contributed by atoms with Gasteiger partial charge in [-0.3, -0.25) is 4.79 Å². The van der Waals surface area contributed by atoms with Crippen LogP contribution in [0.25, 0.3) is 11.3 Å². The Morgan fingerprint density at radius 1 is 1.09 bits per heavy atom. The Hall–Kier alpha value is -2.60. The number of hydrogen-bond donors (Lipinski definition) is 1. The van der Waals surface area contributed by atoms with Crippen molar-refractivity contribution in [2.45, 2.75) is 78.1 Å². The zero-order chi connectivity index (χ0) is 24.5. The molecule has 6 heteroatoms. The summed E-state index contributed by atoms with van der Waals surface area (Å²) in [5, 5.41) is 11.7. The second-order valence-electron chi connectivity index (χ2n) is 11.4. The summed E-state index contributed by atoms with van der Waals surface area (Å²) in [5.74, 6) is 0.503. The summed E-state index contributed by atoms with van der Waals surface area (Å²) >= 11 is 0. The fourth-order valence-corrected chi connectivity index (χ4v) is 7.64. The minimum Gasteiger partial charge on any atom is -0.486 e. The van der Waals surface area contributed by atoms with Crippen molar-refractivity contribution < 1.29 is 23.8 Å². The first-order valence-electron chi connectivity index (χ1n) is 12.2. The summed E-state index contributed by atoms with van der Waals surface area (Å²) < 4.78 is 18.0. The summed E-state index contributed by atoms with van der Waals surface area (Å²) in [6.45, 7) is 10.1. The first-order valence-corrected chi connectivity index (χ1v) is 12.2. The minimum absolute atomic E-state index is 0.167. The average Bonchev–Trinajstić information content (AvgIpc) is 2.75. The fraction of sp³-hybridized carbons (Fsp3) is 0.571. The Bertz CT molecular complexity index is 1170. The predicted molar refractivity (Wildman–Crippen MR) is 127 cm³/mol. The van der Waals surface area contributed by atoms with E-state index in [1.165, 1.54) is 6.92 Å². The number of rotatable bonds is 2. The van der Waals surface area contributed by atoms with Crippen molar-refractivity contribution in [2.24, 2.45) is 22.7 Å². The Kier molecular flexibility index (Phi) is 5.25. The monoisotopic (exact) mass is 466 g/mol. The molecule has 6 unspecified atom stereocenters. The number of fused-ring (bicyclic) bond motifs is 4. The van der Waals surface area contributed by atoms with Crippen LogP contribution in [0, 0.1) is 22.7 Å². The maximum absolute atomic E-state index is 13.1. The molecule has 2 aromatic rings. The summed E-state index contributed by atoms with van der Waals surface area (Å²) in [6.07, 6.45) is 1.97. The van der Waals surface area contributed by atoms with Crippen LogP contribution in [-0.4, -0.2) is 22.8 Å². The Balaban J connectivity index is 1.57. The number of ether oxygens (including phenoxy) is 2. The smallest absolute Gasteiger partial charge is 0.345 e. The van der Waals surface area contributed by atoms with Gasteiger partial charge < -0.3 is 19.0 Å². The molecule has 2 aliphatic carbocycles. The second kappa shape index (κ2) is 7.70. The number of carbonyl (C=O) groups excluding carboxylic acids is 1. The molecule has 0 saturated heterocycles. The van der Waals surface area contributed by atoms with Gasteiger partial charge in [-0.15, -0.1) is 0 Å². The van der Waals surface area contributed by atoms with Gasteiger partial charge in [-0.25, -0.2) is 4.79 Å². The van der Waals surface area contributed by atoms with Gasteiger partial charge in [-0.1, -0.05) is 51.1 Å². The van der Waals surface area contributed by atoms with Gasteiger partial charge in [0.25, 0.3) is 0 Å². The number of benzene rings is 1. The third-order valence-electron chi connectivity index (χ3n) is 9.04. The van der Waals surface area contributed by atoms with E-state index in [-0.39, 0.29) is 40.3 Å². The van der Waals surface area contributed by atoms with Crippen LogP contribution in [0.15, 0.2) is 45.6 Å². The van der Waals surface area contributed by atoms with E-state index >= 15 is 0 Å². The highest BCUT2D eigenvalue weighted by atomic mass is 16.5. The average molecular weight is 467 g/mol. The minimum atomic E-state index is -0.997. The molecular weight excluding hydrogens is 432 g/mol. The maximum atomic E-state index is 13.1. The van der Waals surface area contributed by atoms with E-state index in [2.05, 4.69) is 27.7 Å². The predicted octanol–water partition coefficient (Wildman–Crippen LogP) is 5.28. The fourth-order valence-electron chi connectivity index (χ4n) is 7.64. The summed E-state index contributed by atoms with van der Waals surface area (Å²) in [7, 11) is 0. The van der Waals surface area contributed by atoms with Crippen LogP contribution in [-0.2, 0) is 9.53 Å². The molecule has 1 N–H and O–H groups in total. The molecule has 182 valence electrons. The van der Waals surface area contributed by atoms with E-state index in [1.807, 2.05) is 30.3 Å². The molecule has 0 radical (unpaired) electrons. The van der Waals surface area contributed by atoms with Gasteiger partial charge in [0.05, 0.1) is 6.10 Å². The lowest BCUT2D eigenvalue weighted by Gasteiger charge is -2.65. The molecule has 0 spiro atoms. The lowest BCUT2D eigenvalue weighted by molar-refractivity contribution is -0.227. The third kappa shape index (κ3) is 3.33. The number of hydrogen-bond acceptors (Lipinski definition) is 6. The zero-order valence-electron chi connectivity index (χ0n) is 20.6. The van der Waals surface area contributed by atoms with Crippen molar-refractivity contribution in [1.82, 2.24) is 0 Å². The number of aliphatic hydroxyl groups excluding tert-OH is 1. The largest absolute Gasteiger partial charge is 0.486 e. The van der Waals surface area contributed by atoms with Gasteiger partial charge in [-0.2, -0.15) is 0 Å². The molecule has 6 nitrogen and oxygen atoms in total. The third-order valence-corrected chi connectivity index (χ3v) is 9.04. The molecule has 2 saturated carbocycles. The Morgan fingerprint density at radius 2 is 1.79 bits per heavy atom. The van der Waals surface area contributed by atoms with Crippen molar-refractivity contribution in [2.75, 3.05) is 0 Å². The molecule has 34 heavy (non-hydrogen) atoms. The van der Waals surface area contributed by atoms with Crippen LogP contribution in [0.3, 0.4) is 0 Å². The molecular formula is C28H34O6. The maximum Gasteiger partial charge on any atom is 0.345 e. The van der Waals surface area contributed by atoms with Crippen LogP contribution >= 0.6 is 0 Å². The lowest BCUT2D eigenvalue weighted by Crippen LogP contribution is -2.65. The Morgan fingerprint density at radius 3 is 2.47 bits per heavy atom. The van der Waals surface area contributed by atoms with Crippen LogP contribution in [0.1, 0.15) is 72.0 Å². The molecule has 3 aliphatic rings. The SMILES string of the molecule is CC(=O)OC1CCC2(C)C3C(O)c4c(cc(-c5ccccc5)oc4=O)OC3(C)CCC2C1(C)C. The standard InChI is InChI=1S/C28H34O6/c1-16(29)32-21-12-13-27(4)20(26(21,2)3)11-14-28(5)24(27)23(30)22-19(34-28)15-18(33-25(22)31)17-9-7-6-8-10-17/h6-10,15,20-21,23-24,30H,11-14H2,1-5H3. The quantitative estimate of drug-likeness (QED) is 0.607. The van der Waals surface area contributed by atoms with E-state index in [1.54, 1.807) is 6.07 Å². The molecule has 2 heterocycles. The van der Waals surface area contributed by atoms with Gasteiger partial charge in [0.15, 0.2) is 0 Å². The van der Waals surface area contributed by atoms with Crippen molar-refractivity contribution in [3.05, 3.63) is 52.4 Å². The van der Waals surface area contributed by atoms with Gasteiger partial charge in [0.1, 0.15) is 28.8 Å². The molecule has 0 amide bonds. The first kappa shape index (κ1) is 23.2. The normalized spacial score (nSPS) is 35.8. The molecule has 0 bridgehead atoms. The molecule has 2 fully saturated rings. The van der Waals surface area contributed by atoms with Crippen LogP contribution in [0.4, 0.5) is 0 Å². The van der Waals surface area contributed by atoms with E-state index in [4.69, 9.17) is 13.9 Å². The van der Waals surface area contributed by atoms with Gasteiger partial charge in [-0.05, 0) is 43.9 Å². The highest BCUT2D eigenvalue weighted by Crippen LogP contribution is 2.66. The van der Waals surface area contributed by atoms with Crippen molar-refractivity contribution in [3.8, 4) is 17.1 Å². The molecule has 1 aliphatic heterocycles. The highest BCUT2D eigenvalue weighted by molar-refractivity contribution is 5.66. The van der Waals surface area contributed by atoms with Crippen LogP contribution in [0.5, 0.6) is 5.75 Å².